The van der Waals surface area contributed by atoms with E-state index in [9.17, 15) is 4.79 Å². The van der Waals surface area contributed by atoms with Gasteiger partial charge in [0.05, 0.1) is 36.5 Å². The highest BCUT2D eigenvalue weighted by Crippen LogP contribution is 2.27. The number of hydrogen-bond acceptors (Lipinski definition) is 8. The Balaban J connectivity index is 1.89. The lowest BCUT2D eigenvalue weighted by Gasteiger charge is -2.12. The predicted molar refractivity (Wildman–Crippen MR) is 119 cm³/mol. The van der Waals surface area contributed by atoms with E-state index in [0.717, 1.165) is 5.56 Å². The van der Waals surface area contributed by atoms with Gasteiger partial charge in [-0.2, -0.15) is 5.10 Å². The van der Waals surface area contributed by atoms with Gasteiger partial charge in [0.2, 0.25) is 5.88 Å². The fraction of sp³-hybridized carbons (Fsp3) is 0.136. The van der Waals surface area contributed by atoms with E-state index >= 15 is 0 Å². The quantitative estimate of drug-likeness (QED) is 0.307. The Hall–Kier alpha value is -4.11. The summed E-state index contributed by atoms with van der Waals surface area (Å²) in [5, 5.41) is 15.5. The third-order valence-electron chi connectivity index (χ3n) is 4.33. The van der Waals surface area contributed by atoms with Crippen molar-refractivity contribution in [3.63, 3.8) is 0 Å². The number of hydrazone groups is 1. The summed E-state index contributed by atoms with van der Waals surface area (Å²) < 4.78 is 5.36. The average Bonchev–Trinajstić information content (AvgIpc) is 2.83. The first-order valence-electron chi connectivity index (χ1n) is 9.37. The topological polar surface area (TPSA) is 135 Å². The number of para-hydroxylation sites is 1. The molecule has 2 aromatic heterocycles. The van der Waals surface area contributed by atoms with Gasteiger partial charge in [0.15, 0.2) is 5.71 Å². The summed E-state index contributed by atoms with van der Waals surface area (Å²) in [4.78, 5) is 25.9. The zero-order chi connectivity index (χ0) is 22.2. The van der Waals surface area contributed by atoms with Gasteiger partial charge in [0.1, 0.15) is 5.69 Å². The molecule has 0 aliphatic heterocycles. The number of amides is 1. The second kappa shape index (κ2) is 10.1. The van der Waals surface area contributed by atoms with Crippen LogP contribution < -0.4 is 15.9 Å². The maximum Gasteiger partial charge on any atom is 0.276 e. The fourth-order valence-corrected chi connectivity index (χ4v) is 2.69. The highest BCUT2D eigenvalue weighted by molar-refractivity contribution is 6.68. The molecule has 0 bridgehead atoms. The molecular formula is C22H22N6O3. The largest absolute Gasteiger partial charge is 0.479 e. The van der Waals surface area contributed by atoms with Crippen LogP contribution in [-0.4, -0.2) is 39.5 Å². The van der Waals surface area contributed by atoms with Gasteiger partial charge in [-0.15, -0.1) is 0 Å². The van der Waals surface area contributed by atoms with Crippen molar-refractivity contribution in [2.45, 2.75) is 13.5 Å². The van der Waals surface area contributed by atoms with E-state index < -0.39 is 5.91 Å². The van der Waals surface area contributed by atoms with Crippen LogP contribution in [0.3, 0.4) is 0 Å². The van der Waals surface area contributed by atoms with E-state index in [0.29, 0.717) is 22.8 Å². The van der Waals surface area contributed by atoms with Crippen molar-refractivity contribution in [1.29, 1.82) is 0 Å². The number of carbonyl (C=O) groups is 1. The van der Waals surface area contributed by atoms with Crippen molar-refractivity contribution >= 4 is 28.7 Å². The molecule has 1 amide bonds. The number of methoxy groups -OCH3 is 1. The van der Waals surface area contributed by atoms with Gasteiger partial charge in [-0.25, -0.2) is 9.98 Å². The summed E-state index contributed by atoms with van der Waals surface area (Å²) in [6.45, 7) is 1.46. The van der Waals surface area contributed by atoms with Crippen LogP contribution in [0.15, 0.2) is 70.9 Å². The van der Waals surface area contributed by atoms with Gasteiger partial charge in [-0.1, -0.05) is 18.2 Å². The smallest absolute Gasteiger partial charge is 0.276 e. The van der Waals surface area contributed by atoms with Crippen LogP contribution in [-0.2, 0) is 11.4 Å². The lowest BCUT2D eigenvalue weighted by atomic mass is 10.1. The Morgan fingerprint density at radius 1 is 1.16 bits per heavy atom. The zero-order valence-corrected chi connectivity index (χ0v) is 17.1. The van der Waals surface area contributed by atoms with Crippen LogP contribution in [0.5, 0.6) is 5.88 Å². The molecule has 3 rings (SSSR count). The minimum Gasteiger partial charge on any atom is -0.479 e. The molecule has 31 heavy (non-hydrogen) atoms. The fourth-order valence-electron chi connectivity index (χ4n) is 2.69. The highest BCUT2D eigenvalue weighted by atomic mass is 16.5. The molecule has 3 aromatic rings. The normalized spacial score (nSPS) is 11.8. The first-order valence-corrected chi connectivity index (χ1v) is 9.37. The predicted octanol–water partition coefficient (Wildman–Crippen LogP) is 2.69. The van der Waals surface area contributed by atoms with Crippen molar-refractivity contribution in [2.24, 2.45) is 15.9 Å². The van der Waals surface area contributed by atoms with Gasteiger partial charge in [0, 0.05) is 11.8 Å². The molecule has 0 atom stereocenters. The van der Waals surface area contributed by atoms with Gasteiger partial charge >= 0.3 is 0 Å². The van der Waals surface area contributed by atoms with Crippen LogP contribution in [0, 0.1) is 0 Å². The highest BCUT2D eigenvalue weighted by Gasteiger charge is 2.18. The number of aliphatic imine (C=N–C) groups is 1. The standard InChI is InChI=1S/C22H22N6O3/c1-14(28-23)20(25-16-6-4-3-5-7-16)21(30)26-19-11-10-18(27-22(19)31-2)15-8-9-17(13-29)24-12-15/h3-12,29H,13,23H2,1-2H3,(H,26,30)/b25-20?,28-14-. The summed E-state index contributed by atoms with van der Waals surface area (Å²) >= 11 is 0. The summed E-state index contributed by atoms with van der Waals surface area (Å²) in [6, 6.07) is 15.9. The molecule has 9 heteroatoms. The number of nitrogens with zero attached hydrogens (tertiary/aromatic N) is 4. The Bertz CT molecular complexity index is 1110. The summed E-state index contributed by atoms with van der Waals surface area (Å²) in [5.74, 6) is 5.11. The van der Waals surface area contributed by atoms with Crippen LogP contribution in [0.2, 0.25) is 0 Å². The van der Waals surface area contributed by atoms with Crippen LogP contribution in [0.1, 0.15) is 12.6 Å². The monoisotopic (exact) mass is 418 g/mol. The Labute approximate surface area is 179 Å². The number of aliphatic hydroxyl groups is 1. The van der Waals surface area contributed by atoms with E-state index in [1.807, 2.05) is 18.2 Å². The lowest BCUT2D eigenvalue weighted by molar-refractivity contribution is -0.110. The molecule has 0 saturated carbocycles. The second-order valence-electron chi connectivity index (χ2n) is 6.41. The Kier molecular flexibility index (Phi) is 7.02. The molecule has 4 N–H and O–H groups in total. The van der Waals surface area contributed by atoms with Gasteiger partial charge < -0.3 is 21.0 Å². The van der Waals surface area contributed by atoms with Crippen LogP contribution in [0.25, 0.3) is 11.3 Å². The molecule has 0 aliphatic rings. The SMILES string of the molecule is COc1nc(-c2ccc(CO)nc2)ccc1NC(=O)C(=Nc1ccccc1)/C(C)=N\N. The van der Waals surface area contributed by atoms with Crippen LogP contribution >= 0.6 is 0 Å². The van der Waals surface area contributed by atoms with Crippen molar-refractivity contribution < 1.29 is 14.6 Å². The van der Waals surface area contributed by atoms with Crippen molar-refractivity contribution in [1.82, 2.24) is 9.97 Å². The van der Waals surface area contributed by atoms with Gasteiger partial charge in [-0.05, 0) is 43.3 Å². The first-order chi connectivity index (χ1) is 15.0. The number of aliphatic hydroxyl groups excluding tert-OH is 1. The third-order valence-corrected chi connectivity index (χ3v) is 4.33. The number of ether oxygens (including phenoxy) is 1. The van der Waals surface area contributed by atoms with Crippen molar-refractivity contribution in [3.8, 4) is 17.1 Å². The molecule has 0 aliphatic carbocycles. The summed E-state index contributed by atoms with van der Waals surface area (Å²) in [7, 11) is 1.46. The van der Waals surface area contributed by atoms with E-state index in [4.69, 9.17) is 15.7 Å². The number of rotatable bonds is 7. The maximum absolute atomic E-state index is 12.9. The molecule has 158 valence electrons. The molecule has 0 fully saturated rings. The number of benzene rings is 1. The molecule has 0 unspecified atom stereocenters. The Morgan fingerprint density at radius 3 is 2.55 bits per heavy atom. The van der Waals surface area contributed by atoms with Crippen molar-refractivity contribution in [2.75, 3.05) is 12.4 Å². The molecule has 0 radical (unpaired) electrons. The molecular weight excluding hydrogens is 396 g/mol. The number of pyridine rings is 2. The molecule has 0 saturated heterocycles. The van der Waals surface area contributed by atoms with Gasteiger partial charge in [-0.3, -0.25) is 9.78 Å². The minimum absolute atomic E-state index is 0.0728. The third kappa shape index (κ3) is 5.28. The average molecular weight is 418 g/mol. The zero-order valence-electron chi connectivity index (χ0n) is 17.1. The molecule has 9 nitrogen and oxygen atoms in total. The number of nitrogens with two attached hydrogens (primary N) is 1. The first kappa shape index (κ1) is 21.6. The summed E-state index contributed by atoms with van der Waals surface area (Å²) in [6.07, 6.45) is 1.61. The number of anilines is 1. The molecule has 2 heterocycles. The number of hydrogen-bond donors (Lipinski definition) is 3. The number of aromatic nitrogens is 2. The lowest BCUT2D eigenvalue weighted by Crippen LogP contribution is -2.29. The Morgan fingerprint density at radius 2 is 1.94 bits per heavy atom. The molecule has 1 aromatic carbocycles. The van der Waals surface area contributed by atoms with E-state index in [-0.39, 0.29) is 23.9 Å². The van der Waals surface area contributed by atoms with E-state index in [1.165, 1.54) is 7.11 Å². The van der Waals surface area contributed by atoms with E-state index in [1.54, 1.807) is 49.5 Å². The maximum atomic E-state index is 12.9. The van der Waals surface area contributed by atoms with Crippen LogP contribution in [0.4, 0.5) is 11.4 Å². The molecule has 0 spiro atoms. The van der Waals surface area contributed by atoms with Gasteiger partial charge in [0.25, 0.3) is 5.91 Å². The summed E-state index contributed by atoms with van der Waals surface area (Å²) in [5.41, 5.74) is 3.21. The minimum atomic E-state index is -0.502. The second-order valence-corrected chi connectivity index (χ2v) is 6.41. The number of carbonyl (C=O) groups excluding carboxylic acids is 1. The van der Waals surface area contributed by atoms with E-state index in [2.05, 4.69) is 25.4 Å². The van der Waals surface area contributed by atoms with Crippen molar-refractivity contribution in [3.05, 3.63) is 66.5 Å². The number of nitrogens with one attached hydrogen (secondary N) is 1.